The second-order valence-corrected chi connectivity index (χ2v) is 10.2. The molecule has 4 heterocycles. The number of thioether (sulfide) groups is 1. The van der Waals surface area contributed by atoms with Crippen molar-refractivity contribution >= 4 is 43.5 Å². The number of hydrogen-bond donors (Lipinski definition) is 0. The Hall–Kier alpha value is -1.50. The Balaban J connectivity index is 2.00. The quantitative estimate of drug-likeness (QED) is 0.311. The molecule has 0 bridgehead atoms. The molecular formula is C21H25N3OS2. The third kappa shape index (κ3) is 3.39. The highest BCUT2D eigenvalue weighted by atomic mass is 32.2. The second kappa shape index (κ2) is 6.83. The van der Waals surface area contributed by atoms with Crippen LogP contribution in [0.4, 0.5) is 0 Å². The summed E-state index contributed by atoms with van der Waals surface area (Å²) in [6, 6.07) is 0. The fourth-order valence-electron chi connectivity index (χ4n) is 3.58. The van der Waals surface area contributed by atoms with Crippen molar-refractivity contribution in [3.05, 3.63) is 35.3 Å². The molecule has 1 aliphatic heterocycles. The van der Waals surface area contributed by atoms with E-state index in [0.717, 1.165) is 43.5 Å². The van der Waals surface area contributed by atoms with Gasteiger partial charge in [-0.25, -0.2) is 15.0 Å². The molecular weight excluding hydrogens is 374 g/mol. The Kier molecular flexibility index (Phi) is 4.77. The first-order chi connectivity index (χ1) is 12.8. The summed E-state index contributed by atoms with van der Waals surface area (Å²) in [5.74, 6) is 1.23. The summed E-state index contributed by atoms with van der Waals surface area (Å²) in [5.41, 5.74) is 5.78. The van der Waals surface area contributed by atoms with Gasteiger partial charge in [-0.3, -0.25) is 0 Å². The molecule has 3 aromatic heterocycles. The molecule has 4 rings (SSSR count). The molecule has 142 valence electrons. The van der Waals surface area contributed by atoms with Crippen molar-refractivity contribution in [3.63, 3.8) is 0 Å². The first kappa shape index (κ1) is 18.8. The van der Waals surface area contributed by atoms with Gasteiger partial charge >= 0.3 is 0 Å². The molecule has 1 aliphatic rings. The van der Waals surface area contributed by atoms with Crippen LogP contribution in [0.25, 0.3) is 20.4 Å². The van der Waals surface area contributed by atoms with Gasteiger partial charge < -0.3 is 4.74 Å². The average Bonchev–Trinajstić information content (AvgIpc) is 2.97. The molecule has 0 aromatic carbocycles. The summed E-state index contributed by atoms with van der Waals surface area (Å²) in [5, 5.41) is 2.22. The van der Waals surface area contributed by atoms with Crippen molar-refractivity contribution in [3.8, 4) is 0 Å². The first-order valence-corrected chi connectivity index (χ1v) is 11.1. The van der Waals surface area contributed by atoms with Crippen LogP contribution in [0.1, 0.15) is 57.4 Å². The molecule has 3 aromatic rings. The van der Waals surface area contributed by atoms with E-state index in [1.807, 2.05) is 6.92 Å². The van der Waals surface area contributed by atoms with Crippen molar-refractivity contribution in [2.45, 2.75) is 64.2 Å². The number of hydrogen-bond acceptors (Lipinski definition) is 6. The summed E-state index contributed by atoms with van der Waals surface area (Å²) >= 11 is 3.45. The van der Waals surface area contributed by atoms with Crippen LogP contribution in [0.15, 0.2) is 23.5 Å². The van der Waals surface area contributed by atoms with Gasteiger partial charge in [0.15, 0.2) is 0 Å². The van der Waals surface area contributed by atoms with E-state index in [2.05, 4.69) is 44.2 Å². The van der Waals surface area contributed by atoms with Crippen molar-refractivity contribution in [1.29, 1.82) is 0 Å². The number of pyridine rings is 1. The molecule has 0 aliphatic carbocycles. The highest BCUT2D eigenvalue weighted by Crippen LogP contribution is 2.43. The fraction of sp³-hybridized carbons (Fsp3) is 0.476. The van der Waals surface area contributed by atoms with Crippen LogP contribution >= 0.6 is 23.1 Å². The van der Waals surface area contributed by atoms with Crippen LogP contribution in [0, 0.1) is 0 Å². The van der Waals surface area contributed by atoms with E-state index in [4.69, 9.17) is 9.72 Å². The van der Waals surface area contributed by atoms with Crippen molar-refractivity contribution in [2.75, 3.05) is 5.75 Å². The van der Waals surface area contributed by atoms with E-state index >= 15 is 0 Å². The second-order valence-electron chi connectivity index (χ2n) is 8.22. The highest BCUT2D eigenvalue weighted by Gasteiger charge is 2.32. The minimum absolute atomic E-state index is 0.172. The van der Waals surface area contributed by atoms with Crippen LogP contribution in [0.2, 0.25) is 0 Å². The minimum Gasteiger partial charge on any atom is -0.370 e. The van der Waals surface area contributed by atoms with Gasteiger partial charge in [-0.1, -0.05) is 26.0 Å². The molecule has 4 nitrogen and oxygen atoms in total. The number of nitrogens with zero attached hydrogens (tertiary/aromatic N) is 3. The molecule has 0 unspecified atom stereocenters. The highest BCUT2D eigenvalue weighted by molar-refractivity contribution is 7.99. The predicted octanol–water partition coefficient (Wildman–Crippen LogP) is 5.88. The van der Waals surface area contributed by atoms with Crippen molar-refractivity contribution in [1.82, 2.24) is 15.0 Å². The van der Waals surface area contributed by atoms with Gasteiger partial charge in [0.05, 0.1) is 28.1 Å². The Morgan fingerprint density at radius 3 is 2.81 bits per heavy atom. The molecule has 0 radical (unpaired) electrons. The summed E-state index contributed by atoms with van der Waals surface area (Å²) in [6.45, 7) is 15.4. The zero-order chi connectivity index (χ0) is 19.3. The largest absolute Gasteiger partial charge is 0.370 e. The molecule has 0 saturated heterocycles. The van der Waals surface area contributed by atoms with Crippen LogP contribution < -0.4 is 0 Å². The summed E-state index contributed by atoms with van der Waals surface area (Å²) < 4.78 is 7.26. The lowest BCUT2D eigenvalue weighted by atomic mass is 9.87. The van der Waals surface area contributed by atoms with E-state index in [-0.39, 0.29) is 5.60 Å². The number of aromatic nitrogens is 3. The third-order valence-corrected chi connectivity index (χ3v) is 7.26. The normalized spacial score (nSPS) is 16.2. The van der Waals surface area contributed by atoms with E-state index in [0.29, 0.717) is 12.5 Å². The fourth-order valence-corrected chi connectivity index (χ4v) is 5.67. The van der Waals surface area contributed by atoms with Gasteiger partial charge in [-0.2, -0.15) is 0 Å². The van der Waals surface area contributed by atoms with E-state index < -0.39 is 0 Å². The zero-order valence-corrected chi connectivity index (χ0v) is 18.2. The van der Waals surface area contributed by atoms with Crippen LogP contribution in [0.5, 0.6) is 0 Å². The van der Waals surface area contributed by atoms with E-state index in [1.165, 1.54) is 16.5 Å². The molecule has 0 saturated carbocycles. The Morgan fingerprint density at radius 1 is 1.33 bits per heavy atom. The Labute approximate surface area is 168 Å². The maximum absolute atomic E-state index is 6.13. The van der Waals surface area contributed by atoms with Gasteiger partial charge in [-0.15, -0.1) is 23.1 Å². The van der Waals surface area contributed by atoms with E-state index in [9.17, 15) is 0 Å². The van der Waals surface area contributed by atoms with Gasteiger partial charge in [0.1, 0.15) is 16.2 Å². The van der Waals surface area contributed by atoms with Gasteiger partial charge in [0.2, 0.25) is 0 Å². The molecule has 6 heteroatoms. The molecule has 0 spiro atoms. The van der Waals surface area contributed by atoms with Crippen LogP contribution in [-0.2, 0) is 17.8 Å². The Morgan fingerprint density at radius 2 is 2.11 bits per heavy atom. The Bertz CT molecular complexity index is 1050. The zero-order valence-electron chi connectivity index (χ0n) is 16.5. The lowest BCUT2D eigenvalue weighted by Gasteiger charge is -2.33. The summed E-state index contributed by atoms with van der Waals surface area (Å²) in [4.78, 5) is 15.3. The predicted molar refractivity (Wildman–Crippen MR) is 115 cm³/mol. The smallest absolute Gasteiger partial charge is 0.126 e. The molecule has 0 N–H and O–H groups in total. The number of thiophene rings is 1. The van der Waals surface area contributed by atoms with Crippen LogP contribution in [0.3, 0.4) is 0 Å². The lowest BCUT2D eigenvalue weighted by molar-refractivity contribution is -0.0402. The summed E-state index contributed by atoms with van der Waals surface area (Å²) in [6.07, 6.45) is 2.56. The van der Waals surface area contributed by atoms with Gasteiger partial charge in [0.25, 0.3) is 0 Å². The maximum Gasteiger partial charge on any atom is 0.126 e. The first-order valence-electron chi connectivity index (χ1n) is 9.27. The van der Waals surface area contributed by atoms with Crippen LogP contribution in [-0.4, -0.2) is 26.3 Å². The monoisotopic (exact) mass is 399 g/mol. The summed E-state index contributed by atoms with van der Waals surface area (Å²) in [7, 11) is 0. The standard InChI is InChI=1S/C21H25N3OS2/c1-11(2)9-26-20-18-17(22-10-23-20)15-13-7-21(5,6)25-8-14(13)16(12(3)4)24-19(15)27-18/h10,12H,1,7-9H2,2-6H3. The average molecular weight is 400 g/mol. The van der Waals surface area contributed by atoms with Gasteiger partial charge in [0, 0.05) is 23.1 Å². The van der Waals surface area contributed by atoms with Crippen molar-refractivity contribution < 1.29 is 4.74 Å². The number of rotatable bonds is 4. The minimum atomic E-state index is -0.172. The van der Waals surface area contributed by atoms with Crippen molar-refractivity contribution in [2.24, 2.45) is 0 Å². The molecule has 0 atom stereocenters. The van der Waals surface area contributed by atoms with E-state index in [1.54, 1.807) is 29.4 Å². The topological polar surface area (TPSA) is 47.9 Å². The molecule has 0 fully saturated rings. The number of ether oxygens (including phenoxy) is 1. The lowest BCUT2D eigenvalue weighted by Crippen LogP contribution is -2.32. The maximum atomic E-state index is 6.13. The SMILES string of the molecule is C=C(C)CSc1ncnc2c1sc1nc(C(C)C)c3c(c12)CC(C)(C)OC3. The number of fused-ring (bicyclic) bond motifs is 5. The van der Waals surface area contributed by atoms with Gasteiger partial charge in [-0.05, 0) is 32.3 Å². The third-order valence-electron chi connectivity index (χ3n) is 4.83. The molecule has 27 heavy (non-hydrogen) atoms. The molecule has 0 amide bonds.